The summed E-state index contributed by atoms with van der Waals surface area (Å²) in [5.41, 5.74) is 8.92. The van der Waals surface area contributed by atoms with Crippen molar-refractivity contribution in [1.82, 2.24) is 4.98 Å². The third kappa shape index (κ3) is 3.86. The minimum atomic E-state index is 0. The Hall–Kier alpha value is -0.800. The predicted octanol–water partition coefficient (Wildman–Crippen LogP) is 3.70. The topological polar surface area (TPSA) is 38.9 Å². The van der Waals surface area contributed by atoms with Gasteiger partial charge in [-0.3, -0.25) is 4.98 Å². The van der Waals surface area contributed by atoms with Gasteiger partial charge >= 0.3 is 0 Å². The Labute approximate surface area is 118 Å². The molecule has 0 aliphatic heterocycles. The number of hydrogen-bond donors (Lipinski definition) is 1. The van der Waals surface area contributed by atoms with Crippen molar-refractivity contribution in [3.63, 3.8) is 0 Å². The Kier molecular flexibility index (Phi) is 7.16. The molecule has 2 nitrogen and oxygen atoms in total. The number of aromatic nitrogens is 1. The molecule has 0 bridgehead atoms. The van der Waals surface area contributed by atoms with Gasteiger partial charge in [0.25, 0.3) is 0 Å². The number of benzene rings is 1. The summed E-state index contributed by atoms with van der Waals surface area (Å²) < 4.78 is 0. The smallest absolute Gasteiger partial charge is 0.0406 e. The molecule has 0 spiro atoms. The molecule has 92 valence electrons. The molecule has 5 heteroatoms. The van der Waals surface area contributed by atoms with E-state index in [2.05, 4.69) is 4.98 Å². The van der Waals surface area contributed by atoms with E-state index in [1.54, 1.807) is 12.4 Å². The highest BCUT2D eigenvalue weighted by Crippen LogP contribution is 2.23. The second-order valence-electron chi connectivity index (χ2n) is 3.24. The van der Waals surface area contributed by atoms with Crippen molar-refractivity contribution in [2.45, 2.75) is 6.54 Å². The summed E-state index contributed by atoms with van der Waals surface area (Å²) in [6, 6.07) is 9.67. The highest BCUT2D eigenvalue weighted by molar-refractivity contribution is 6.30. The Morgan fingerprint density at radius 2 is 1.71 bits per heavy atom. The van der Waals surface area contributed by atoms with Gasteiger partial charge in [0.05, 0.1) is 0 Å². The van der Waals surface area contributed by atoms with Crippen LogP contribution in [0, 0.1) is 0 Å². The van der Waals surface area contributed by atoms with Crippen molar-refractivity contribution >= 4 is 36.4 Å². The number of nitrogens with zero attached hydrogens (tertiary/aromatic N) is 1. The number of rotatable bonds is 2. The summed E-state index contributed by atoms with van der Waals surface area (Å²) in [7, 11) is 0. The lowest BCUT2D eigenvalue weighted by Gasteiger charge is -2.06. The van der Waals surface area contributed by atoms with E-state index in [0.717, 1.165) is 21.7 Å². The Bertz CT molecular complexity index is 458. The molecule has 17 heavy (non-hydrogen) atoms. The zero-order valence-electron chi connectivity index (χ0n) is 8.97. The Morgan fingerprint density at radius 3 is 2.29 bits per heavy atom. The number of pyridine rings is 1. The number of halogens is 3. The average Bonchev–Trinajstić information content (AvgIpc) is 2.30. The first-order valence-corrected chi connectivity index (χ1v) is 5.08. The number of nitrogens with two attached hydrogens (primary N) is 1. The lowest BCUT2D eigenvalue weighted by Crippen LogP contribution is -1.99. The molecule has 0 fully saturated rings. The quantitative estimate of drug-likeness (QED) is 0.916. The predicted molar refractivity (Wildman–Crippen MR) is 77.1 cm³/mol. The Morgan fingerprint density at radius 1 is 1.06 bits per heavy atom. The maximum Gasteiger partial charge on any atom is 0.0406 e. The van der Waals surface area contributed by atoms with Crippen LogP contribution in [-0.4, -0.2) is 4.98 Å². The summed E-state index contributed by atoms with van der Waals surface area (Å²) in [5.74, 6) is 0. The maximum atomic E-state index is 5.84. The van der Waals surface area contributed by atoms with Crippen LogP contribution in [0.3, 0.4) is 0 Å². The van der Waals surface area contributed by atoms with E-state index >= 15 is 0 Å². The van der Waals surface area contributed by atoms with Crippen molar-refractivity contribution in [2.75, 3.05) is 0 Å². The second-order valence-corrected chi connectivity index (χ2v) is 3.68. The van der Waals surface area contributed by atoms with Crippen LogP contribution in [-0.2, 0) is 6.54 Å². The molecule has 1 aromatic heterocycles. The van der Waals surface area contributed by atoms with Crippen molar-refractivity contribution in [1.29, 1.82) is 0 Å². The molecule has 0 unspecified atom stereocenters. The summed E-state index contributed by atoms with van der Waals surface area (Å²) >= 11 is 5.84. The van der Waals surface area contributed by atoms with Crippen LogP contribution in [0.1, 0.15) is 5.56 Å². The first-order chi connectivity index (χ1) is 7.31. The lowest BCUT2D eigenvalue weighted by molar-refractivity contribution is 1.05. The molecule has 1 aromatic carbocycles. The van der Waals surface area contributed by atoms with Gasteiger partial charge in [0.1, 0.15) is 0 Å². The fraction of sp³-hybridized carbons (Fsp3) is 0.0833. The summed E-state index contributed by atoms with van der Waals surface area (Å²) in [6.07, 6.45) is 3.56. The molecule has 2 N–H and O–H groups in total. The summed E-state index contributed by atoms with van der Waals surface area (Å²) in [5, 5.41) is 0.738. The molecule has 0 radical (unpaired) electrons. The molecule has 1 heterocycles. The van der Waals surface area contributed by atoms with Crippen LogP contribution < -0.4 is 5.73 Å². The van der Waals surface area contributed by atoms with Crippen LogP contribution in [0.4, 0.5) is 0 Å². The fourth-order valence-electron chi connectivity index (χ4n) is 1.50. The highest BCUT2D eigenvalue weighted by Gasteiger charge is 2.02. The molecule has 2 aromatic rings. The van der Waals surface area contributed by atoms with Crippen molar-refractivity contribution in [2.24, 2.45) is 5.73 Å². The molecule has 0 saturated carbocycles. The Balaban J connectivity index is 0.00000128. The van der Waals surface area contributed by atoms with Crippen molar-refractivity contribution in [3.05, 3.63) is 53.3 Å². The van der Waals surface area contributed by atoms with Crippen LogP contribution in [0.2, 0.25) is 5.02 Å². The maximum absolute atomic E-state index is 5.84. The third-order valence-electron chi connectivity index (χ3n) is 2.28. The third-order valence-corrected chi connectivity index (χ3v) is 2.53. The van der Waals surface area contributed by atoms with E-state index in [9.17, 15) is 0 Å². The molecule has 2 rings (SSSR count). The lowest BCUT2D eigenvalue weighted by atomic mass is 10.0. The van der Waals surface area contributed by atoms with Crippen LogP contribution >= 0.6 is 36.4 Å². The number of hydrogen-bond acceptors (Lipinski definition) is 2. The monoisotopic (exact) mass is 290 g/mol. The summed E-state index contributed by atoms with van der Waals surface area (Å²) in [4.78, 5) is 4.05. The summed E-state index contributed by atoms with van der Waals surface area (Å²) in [6.45, 7) is 0.492. The average molecular weight is 292 g/mol. The van der Waals surface area contributed by atoms with E-state index in [-0.39, 0.29) is 24.8 Å². The molecule has 0 atom stereocenters. The van der Waals surface area contributed by atoms with Crippen molar-refractivity contribution < 1.29 is 0 Å². The molecule has 0 aliphatic rings. The van der Waals surface area contributed by atoms with Gasteiger partial charge < -0.3 is 5.73 Å². The zero-order chi connectivity index (χ0) is 10.7. The van der Waals surface area contributed by atoms with Crippen LogP contribution in [0.15, 0.2) is 42.7 Å². The van der Waals surface area contributed by atoms with Gasteiger partial charge in [0.15, 0.2) is 0 Å². The molecular weight excluding hydrogens is 279 g/mol. The molecule has 0 amide bonds. The van der Waals surface area contributed by atoms with Gasteiger partial charge in [-0.05, 0) is 34.9 Å². The normalized spacial score (nSPS) is 9.06. The van der Waals surface area contributed by atoms with Gasteiger partial charge in [-0.2, -0.15) is 0 Å². The largest absolute Gasteiger partial charge is 0.326 e. The first-order valence-electron chi connectivity index (χ1n) is 4.70. The fourth-order valence-corrected chi connectivity index (χ4v) is 1.63. The van der Waals surface area contributed by atoms with E-state index in [0.29, 0.717) is 6.54 Å². The van der Waals surface area contributed by atoms with Crippen LogP contribution in [0.25, 0.3) is 11.1 Å². The second kappa shape index (κ2) is 7.51. The molecule has 0 aliphatic carbocycles. The van der Waals surface area contributed by atoms with Gasteiger partial charge in [-0.25, -0.2) is 0 Å². The highest BCUT2D eigenvalue weighted by atomic mass is 35.5. The minimum Gasteiger partial charge on any atom is -0.326 e. The SMILES string of the molecule is Cl.Cl.NCc1cnccc1-c1ccc(Cl)cc1. The van der Waals surface area contributed by atoms with Crippen molar-refractivity contribution in [3.8, 4) is 11.1 Å². The molecular formula is C12H13Cl3N2. The minimum absolute atomic E-state index is 0. The van der Waals surface area contributed by atoms with E-state index in [1.807, 2.05) is 30.3 Å². The van der Waals surface area contributed by atoms with Gasteiger partial charge in [0.2, 0.25) is 0 Å². The van der Waals surface area contributed by atoms with Gasteiger partial charge in [-0.15, -0.1) is 24.8 Å². The zero-order valence-corrected chi connectivity index (χ0v) is 11.4. The molecule has 0 saturated heterocycles. The first kappa shape index (κ1) is 16.2. The van der Waals surface area contributed by atoms with E-state index in [4.69, 9.17) is 17.3 Å². The van der Waals surface area contributed by atoms with Gasteiger partial charge in [0, 0.05) is 24.0 Å². The standard InChI is InChI=1S/C12H11ClN2.2ClH/c13-11-3-1-9(2-4-11)12-5-6-15-8-10(12)7-14;;/h1-6,8H,7,14H2;2*1H. The van der Waals surface area contributed by atoms with Crippen LogP contribution in [0.5, 0.6) is 0 Å². The van der Waals surface area contributed by atoms with Gasteiger partial charge in [-0.1, -0.05) is 23.7 Å². The van der Waals surface area contributed by atoms with E-state index in [1.165, 1.54) is 0 Å². The van der Waals surface area contributed by atoms with E-state index < -0.39 is 0 Å².